The largest absolute Gasteiger partial charge is 0.488 e. The van der Waals surface area contributed by atoms with Crippen LogP contribution in [0.5, 0.6) is 5.75 Å². The van der Waals surface area contributed by atoms with Gasteiger partial charge in [0.25, 0.3) is 0 Å². The van der Waals surface area contributed by atoms with Crippen molar-refractivity contribution in [3.8, 4) is 11.4 Å². The van der Waals surface area contributed by atoms with E-state index < -0.39 is 0 Å². The Morgan fingerprint density at radius 1 is 1.23 bits per heavy atom. The minimum absolute atomic E-state index is 0.0880. The molecule has 0 bridgehead atoms. The number of nitrogens with two attached hydrogens (primary N) is 1. The predicted octanol–water partition coefficient (Wildman–Crippen LogP) is 1.44. The van der Waals surface area contributed by atoms with Gasteiger partial charge in [-0.05, 0) is 43.5 Å². The summed E-state index contributed by atoms with van der Waals surface area (Å²) in [5, 5.41) is 11.7. The van der Waals surface area contributed by atoms with Gasteiger partial charge >= 0.3 is 0 Å². The lowest BCUT2D eigenvalue weighted by atomic mass is 10.1. The second-order valence-corrected chi connectivity index (χ2v) is 7.75. The van der Waals surface area contributed by atoms with Crippen LogP contribution < -0.4 is 15.8 Å². The Hall–Kier alpha value is -3.27. The third kappa shape index (κ3) is 3.78. The van der Waals surface area contributed by atoms with Crippen LogP contribution in [-0.2, 0) is 9.53 Å². The van der Waals surface area contributed by atoms with Crippen molar-refractivity contribution in [3.63, 3.8) is 0 Å². The van der Waals surface area contributed by atoms with Gasteiger partial charge in [0, 0.05) is 18.4 Å². The van der Waals surface area contributed by atoms with Crippen LogP contribution in [0.25, 0.3) is 16.9 Å². The Labute approximate surface area is 172 Å². The van der Waals surface area contributed by atoms with Crippen LogP contribution in [-0.4, -0.2) is 56.2 Å². The monoisotopic (exact) mass is 409 g/mol. The molecule has 1 aliphatic carbocycles. The number of amides is 1. The van der Waals surface area contributed by atoms with Crippen molar-refractivity contribution < 1.29 is 14.3 Å². The first-order valence-electron chi connectivity index (χ1n) is 10.1. The number of primary amides is 1. The molecule has 1 aromatic carbocycles. The van der Waals surface area contributed by atoms with E-state index in [1.807, 2.05) is 24.3 Å². The Balaban J connectivity index is 1.33. The number of fused-ring (bicyclic) bond motifs is 1. The molecule has 3 aromatic rings. The zero-order valence-corrected chi connectivity index (χ0v) is 16.4. The summed E-state index contributed by atoms with van der Waals surface area (Å²) in [6, 6.07) is 7.78. The summed E-state index contributed by atoms with van der Waals surface area (Å²) in [6.45, 7) is 1.37. The van der Waals surface area contributed by atoms with E-state index in [0.29, 0.717) is 30.1 Å². The number of nitrogens with one attached hydrogen (secondary N) is 1. The molecule has 1 aliphatic heterocycles. The van der Waals surface area contributed by atoms with Gasteiger partial charge in [0.2, 0.25) is 11.9 Å². The molecule has 3 atom stereocenters. The van der Waals surface area contributed by atoms with E-state index in [-0.39, 0.29) is 24.0 Å². The van der Waals surface area contributed by atoms with E-state index in [1.54, 1.807) is 10.9 Å². The van der Waals surface area contributed by atoms with Gasteiger partial charge in [-0.25, -0.2) is 4.98 Å². The number of ether oxygens (including phenoxy) is 2. The minimum atomic E-state index is -0.245. The standard InChI is InChI=1S/C20H23N7O3/c21-18(28)12-1-2-13(9-12)23-20-22-10-17-19(24-20)27(26-25-17)14-3-5-15(6-4-14)30-16-7-8-29-11-16/h3-6,10,12-13,16H,1-2,7-9,11H2,(H2,21,28)(H,22,23,24)/t12-,13-,16-/m1/s1. The van der Waals surface area contributed by atoms with Gasteiger partial charge in [-0.15, -0.1) is 5.10 Å². The molecule has 5 rings (SSSR count). The molecule has 2 fully saturated rings. The summed E-state index contributed by atoms with van der Waals surface area (Å²) >= 11 is 0. The lowest BCUT2D eigenvalue weighted by Crippen LogP contribution is -2.23. The Morgan fingerprint density at radius 3 is 2.83 bits per heavy atom. The first-order chi connectivity index (χ1) is 14.7. The van der Waals surface area contributed by atoms with Crippen molar-refractivity contribution >= 4 is 23.0 Å². The molecule has 10 heteroatoms. The highest BCUT2D eigenvalue weighted by molar-refractivity contribution is 5.77. The zero-order chi connectivity index (χ0) is 20.5. The molecule has 1 saturated carbocycles. The van der Waals surface area contributed by atoms with E-state index in [0.717, 1.165) is 37.3 Å². The molecule has 2 aliphatic rings. The van der Waals surface area contributed by atoms with E-state index in [4.69, 9.17) is 15.2 Å². The van der Waals surface area contributed by atoms with E-state index in [2.05, 4.69) is 25.6 Å². The Bertz CT molecular complexity index is 1050. The second-order valence-electron chi connectivity index (χ2n) is 7.75. The number of nitrogens with zero attached hydrogens (tertiary/aromatic N) is 5. The fourth-order valence-electron chi connectivity index (χ4n) is 3.99. The minimum Gasteiger partial charge on any atom is -0.488 e. The lowest BCUT2D eigenvalue weighted by Gasteiger charge is -2.13. The molecule has 0 unspecified atom stereocenters. The summed E-state index contributed by atoms with van der Waals surface area (Å²) in [6.07, 6.45) is 5.00. The van der Waals surface area contributed by atoms with Gasteiger partial charge in [-0.2, -0.15) is 9.67 Å². The first kappa shape index (κ1) is 18.7. The number of aromatic nitrogens is 5. The molecule has 30 heavy (non-hydrogen) atoms. The zero-order valence-electron chi connectivity index (χ0n) is 16.4. The number of carbonyl (C=O) groups excluding carboxylic acids is 1. The SMILES string of the molecule is NC(=O)[C@@H]1CC[C@@H](Nc2ncc3nnn(-c4ccc(O[C@@H]5CCOC5)cc4)c3n2)C1. The van der Waals surface area contributed by atoms with E-state index in [1.165, 1.54) is 0 Å². The molecule has 3 N–H and O–H groups in total. The third-order valence-electron chi connectivity index (χ3n) is 5.63. The second kappa shape index (κ2) is 7.86. The van der Waals surface area contributed by atoms with Gasteiger partial charge in [0.1, 0.15) is 11.9 Å². The van der Waals surface area contributed by atoms with Crippen LogP contribution in [0.15, 0.2) is 30.5 Å². The van der Waals surface area contributed by atoms with Crippen molar-refractivity contribution in [1.82, 2.24) is 25.0 Å². The molecular formula is C20H23N7O3. The smallest absolute Gasteiger partial charge is 0.225 e. The predicted molar refractivity (Wildman–Crippen MR) is 108 cm³/mol. The molecule has 0 spiro atoms. The fraction of sp³-hybridized carbons (Fsp3) is 0.450. The fourth-order valence-corrected chi connectivity index (χ4v) is 3.99. The quantitative estimate of drug-likeness (QED) is 0.625. The maximum atomic E-state index is 11.4. The van der Waals surface area contributed by atoms with Gasteiger partial charge in [-0.1, -0.05) is 5.21 Å². The average molecular weight is 409 g/mol. The molecule has 0 radical (unpaired) electrons. The van der Waals surface area contributed by atoms with Gasteiger partial charge in [0.15, 0.2) is 11.2 Å². The normalized spacial score (nSPS) is 23.7. The summed E-state index contributed by atoms with van der Waals surface area (Å²) in [5.41, 5.74) is 7.46. The van der Waals surface area contributed by atoms with Crippen LogP contribution in [0.3, 0.4) is 0 Å². The first-order valence-corrected chi connectivity index (χ1v) is 10.1. The number of benzene rings is 1. The van der Waals surface area contributed by atoms with Crippen LogP contribution in [0.2, 0.25) is 0 Å². The number of anilines is 1. The Morgan fingerprint density at radius 2 is 2.10 bits per heavy atom. The molecular weight excluding hydrogens is 386 g/mol. The molecule has 10 nitrogen and oxygen atoms in total. The van der Waals surface area contributed by atoms with Crippen molar-refractivity contribution in [1.29, 1.82) is 0 Å². The van der Waals surface area contributed by atoms with Crippen LogP contribution >= 0.6 is 0 Å². The third-order valence-corrected chi connectivity index (χ3v) is 5.63. The molecule has 1 saturated heterocycles. The average Bonchev–Trinajstić information content (AvgIpc) is 3.49. The van der Waals surface area contributed by atoms with Crippen LogP contribution in [0.1, 0.15) is 25.7 Å². The number of hydrogen-bond donors (Lipinski definition) is 2. The van der Waals surface area contributed by atoms with Gasteiger partial charge < -0.3 is 20.5 Å². The van der Waals surface area contributed by atoms with Crippen molar-refractivity contribution in [2.75, 3.05) is 18.5 Å². The van der Waals surface area contributed by atoms with E-state index >= 15 is 0 Å². The van der Waals surface area contributed by atoms with Crippen LogP contribution in [0, 0.1) is 5.92 Å². The van der Waals surface area contributed by atoms with Crippen LogP contribution in [0.4, 0.5) is 5.95 Å². The van der Waals surface area contributed by atoms with Crippen molar-refractivity contribution in [2.45, 2.75) is 37.8 Å². The highest BCUT2D eigenvalue weighted by Gasteiger charge is 2.29. The molecule has 1 amide bonds. The summed E-state index contributed by atoms with van der Waals surface area (Å²) in [5.74, 6) is 0.948. The lowest BCUT2D eigenvalue weighted by molar-refractivity contribution is -0.121. The molecule has 156 valence electrons. The maximum absolute atomic E-state index is 11.4. The molecule has 3 heterocycles. The Kier molecular flexibility index (Phi) is 4.91. The van der Waals surface area contributed by atoms with E-state index in [9.17, 15) is 4.79 Å². The highest BCUT2D eigenvalue weighted by atomic mass is 16.5. The van der Waals surface area contributed by atoms with Crippen molar-refractivity contribution in [3.05, 3.63) is 30.5 Å². The number of rotatable bonds is 6. The van der Waals surface area contributed by atoms with Gasteiger partial charge in [0.05, 0.1) is 25.1 Å². The summed E-state index contributed by atoms with van der Waals surface area (Å²) < 4.78 is 12.9. The summed E-state index contributed by atoms with van der Waals surface area (Å²) in [7, 11) is 0. The van der Waals surface area contributed by atoms with Crippen molar-refractivity contribution in [2.24, 2.45) is 11.7 Å². The molecule has 2 aromatic heterocycles. The topological polar surface area (TPSA) is 130 Å². The van der Waals surface area contributed by atoms with Gasteiger partial charge in [-0.3, -0.25) is 4.79 Å². The highest BCUT2D eigenvalue weighted by Crippen LogP contribution is 2.27. The number of carbonyl (C=O) groups is 1. The summed E-state index contributed by atoms with van der Waals surface area (Å²) in [4.78, 5) is 20.3. The number of hydrogen-bond acceptors (Lipinski definition) is 8. The maximum Gasteiger partial charge on any atom is 0.225 e.